The number of carbonyl (C=O) groups excluding carboxylic acids is 5. The quantitative estimate of drug-likeness (QED) is 0.418. The molecule has 2 saturated heterocycles. The molecule has 3 heterocycles. The standard InChI is InChI=1S/C26H40N4O7/c1-26(2,3)37-25(35)28-17-11-7-5-6-8-12-18(24(34)36-4)27-21(31)19-13-9-15-29(19)23(33)20-14-10-16-30(20)22(17)32/h5-6,17-20H,7-16H2,1-4H3,(H,27,31)(H,28,35)/b6-5-/t17?,18-,19-,20+/m0/s1. The number of allylic oxidation sites excluding steroid dienone is 2. The largest absolute Gasteiger partial charge is 0.467 e. The predicted molar refractivity (Wildman–Crippen MR) is 134 cm³/mol. The number of alkyl carbamates (subject to hydrolysis) is 1. The summed E-state index contributed by atoms with van der Waals surface area (Å²) in [6.07, 6.45) is 6.99. The van der Waals surface area contributed by atoms with Crippen molar-refractivity contribution in [1.82, 2.24) is 20.4 Å². The van der Waals surface area contributed by atoms with Gasteiger partial charge in [-0.2, -0.15) is 0 Å². The van der Waals surface area contributed by atoms with E-state index in [9.17, 15) is 24.0 Å². The first-order valence-corrected chi connectivity index (χ1v) is 13.2. The van der Waals surface area contributed by atoms with Crippen LogP contribution in [0.3, 0.4) is 0 Å². The predicted octanol–water partition coefficient (Wildman–Crippen LogP) is 1.65. The molecule has 3 aliphatic rings. The summed E-state index contributed by atoms with van der Waals surface area (Å²) in [6.45, 7) is 6.04. The Kier molecular flexibility index (Phi) is 9.56. The highest BCUT2D eigenvalue weighted by molar-refractivity contribution is 5.95. The Labute approximate surface area is 218 Å². The Hall–Kier alpha value is -3.11. The van der Waals surface area contributed by atoms with Crippen LogP contribution < -0.4 is 10.6 Å². The summed E-state index contributed by atoms with van der Waals surface area (Å²) in [7, 11) is 1.28. The van der Waals surface area contributed by atoms with Crippen LogP contribution in [0.1, 0.15) is 72.1 Å². The van der Waals surface area contributed by atoms with Gasteiger partial charge in [0.25, 0.3) is 0 Å². The third-order valence-corrected chi connectivity index (χ3v) is 6.86. The Balaban J connectivity index is 1.87. The molecular formula is C26H40N4O7. The highest BCUT2D eigenvalue weighted by Crippen LogP contribution is 2.26. The second kappa shape index (κ2) is 12.4. The van der Waals surface area contributed by atoms with Crippen LogP contribution in [0.4, 0.5) is 4.79 Å². The lowest BCUT2D eigenvalue weighted by molar-refractivity contribution is -0.149. The lowest BCUT2D eigenvalue weighted by Crippen LogP contribution is -2.57. The lowest BCUT2D eigenvalue weighted by atomic mass is 10.1. The molecule has 11 nitrogen and oxygen atoms in total. The highest BCUT2D eigenvalue weighted by atomic mass is 16.6. The van der Waals surface area contributed by atoms with Crippen molar-refractivity contribution in [2.75, 3.05) is 20.2 Å². The molecule has 0 radical (unpaired) electrons. The Morgan fingerprint density at radius 2 is 1.51 bits per heavy atom. The van der Waals surface area contributed by atoms with E-state index in [1.807, 2.05) is 12.2 Å². The zero-order valence-electron chi connectivity index (χ0n) is 22.3. The fourth-order valence-corrected chi connectivity index (χ4v) is 5.11. The highest BCUT2D eigenvalue weighted by Gasteiger charge is 2.44. The Bertz CT molecular complexity index is 913. The summed E-state index contributed by atoms with van der Waals surface area (Å²) in [6, 6.07) is -3.10. The first-order chi connectivity index (χ1) is 17.5. The number of fused-ring (bicyclic) bond motifs is 2. The van der Waals surface area contributed by atoms with Crippen molar-refractivity contribution in [3.63, 3.8) is 0 Å². The van der Waals surface area contributed by atoms with Gasteiger partial charge in [0.05, 0.1) is 7.11 Å². The van der Waals surface area contributed by atoms with E-state index in [0.29, 0.717) is 64.5 Å². The number of amides is 4. The molecule has 0 aromatic heterocycles. The molecule has 0 bridgehead atoms. The van der Waals surface area contributed by atoms with Crippen LogP contribution in [0.25, 0.3) is 0 Å². The summed E-state index contributed by atoms with van der Waals surface area (Å²) < 4.78 is 10.2. The van der Waals surface area contributed by atoms with Gasteiger partial charge in [0.2, 0.25) is 17.7 Å². The molecule has 11 heteroatoms. The van der Waals surface area contributed by atoms with Gasteiger partial charge in [-0.25, -0.2) is 9.59 Å². The molecule has 4 atom stereocenters. The van der Waals surface area contributed by atoms with Gasteiger partial charge in [0.15, 0.2) is 0 Å². The van der Waals surface area contributed by atoms with E-state index < -0.39 is 47.7 Å². The van der Waals surface area contributed by atoms with Gasteiger partial charge in [0.1, 0.15) is 29.8 Å². The number of hydrogen-bond donors (Lipinski definition) is 2. The average molecular weight is 521 g/mol. The van der Waals surface area contributed by atoms with E-state index in [1.165, 1.54) is 16.9 Å². The topological polar surface area (TPSA) is 134 Å². The summed E-state index contributed by atoms with van der Waals surface area (Å²) in [5.74, 6) is -1.53. The van der Waals surface area contributed by atoms with Gasteiger partial charge >= 0.3 is 12.1 Å². The smallest absolute Gasteiger partial charge is 0.408 e. The van der Waals surface area contributed by atoms with Gasteiger partial charge < -0.3 is 29.9 Å². The second-order valence-electron chi connectivity index (χ2n) is 10.8. The second-order valence-corrected chi connectivity index (χ2v) is 10.8. The van der Waals surface area contributed by atoms with E-state index in [4.69, 9.17) is 9.47 Å². The number of methoxy groups -OCH3 is 1. The van der Waals surface area contributed by atoms with Crippen LogP contribution in [-0.2, 0) is 28.7 Å². The fraction of sp³-hybridized carbons (Fsp3) is 0.731. The molecule has 3 rings (SSSR count). The maximum Gasteiger partial charge on any atom is 0.408 e. The first-order valence-electron chi connectivity index (χ1n) is 13.2. The van der Waals surface area contributed by atoms with Crippen LogP contribution in [0.2, 0.25) is 0 Å². The molecule has 0 aliphatic carbocycles. The van der Waals surface area contributed by atoms with Crippen molar-refractivity contribution in [2.45, 2.75) is 102 Å². The third kappa shape index (κ3) is 7.45. The van der Waals surface area contributed by atoms with Crippen LogP contribution in [0.15, 0.2) is 12.2 Å². The van der Waals surface area contributed by atoms with Gasteiger partial charge in [-0.1, -0.05) is 12.2 Å². The van der Waals surface area contributed by atoms with Crippen LogP contribution in [-0.4, -0.2) is 89.6 Å². The molecule has 206 valence electrons. The van der Waals surface area contributed by atoms with Gasteiger partial charge in [0, 0.05) is 13.1 Å². The number of carbonyl (C=O) groups is 5. The number of ether oxygens (including phenoxy) is 2. The van der Waals surface area contributed by atoms with Crippen molar-refractivity contribution < 1.29 is 33.4 Å². The molecule has 0 saturated carbocycles. The van der Waals surface area contributed by atoms with Crippen molar-refractivity contribution in [2.24, 2.45) is 0 Å². The van der Waals surface area contributed by atoms with Crippen LogP contribution >= 0.6 is 0 Å². The molecule has 4 amide bonds. The normalized spacial score (nSPS) is 28.7. The zero-order valence-corrected chi connectivity index (χ0v) is 22.3. The third-order valence-electron chi connectivity index (χ3n) is 6.86. The number of nitrogens with zero attached hydrogens (tertiary/aromatic N) is 2. The van der Waals surface area contributed by atoms with Crippen molar-refractivity contribution >= 4 is 29.8 Å². The summed E-state index contributed by atoms with van der Waals surface area (Å²) in [5, 5.41) is 5.48. The molecule has 1 unspecified atom stereocenters. The van der Waals surface area contributed by atoms with Crippen LogP contribution in [0, 0.1) is 0 Å². The Morgan fingerprint density at radius 3 is 2.14 bits per heavy atom. The van der Waals surface area contributed by atoms with E-state index in [2.05, 4.69) is 10.6 Å². The van der Waals surface area contributed by atoms with Gasteiger partial charge in [-0.3, -0.25) is 14.4 Å². The molecule has 2 N–H and O–H groups in total. The number of hydrogen-bond acceptors (Lipinski definition) is 7. The molecule has 0 aromatic rings. The molecular weight excluding hydrogens is 480 g/mol. The van der Waals surface area contributed by atoms with Crippen molar-refractivity contribution in [3.05, 3.63) is 12.2 Å². The number of esters is 1. The Morgan fingerprint density at radius 1 is 0.919 bits per heavy atom. The van der Waals surface area contributed by atoms with Gasteiger partial charge in [-0.15, -0.1) is 0 Å². The van der Waals surface area contributed by atoms with Gasteiger partial charge in [-0.05, 0) is 72.1 Å². The maximum absolute atomic E-state index is 13.6. The summed E-state index contributed by atoms with van der Waals surface area (Å²) in [5.41, 5.74) is -0.723. The SMILES string of the molecule is COC(=O)[C@@H]1CC/C=C\CCC(NC(=O)OC(C)(C)C)C(=O)N2CCC[C@@H]2C(=O)N2CCC[C@H]2C(=O)N1. The molecule has 2 fully saturated rings. The number of rotatable bonds is 2. The number of nitrogens with one attached hydrogen (secondary N) is 2. The van der Waals surface area contributed by atoms with E-state index in [1.54, 1.807) is 20.8 Å². The van der Waals surface area contributed by atoms with E-state index in [-0.39, 0.29) is 11.8 Å². The molecule has 0 aromatic carbocycles. The van der Waals surface area contributed by atoms with E-state index in [0.717, 1.165) is 0 Å². The minimum Gasteiger partial charge on any atom is -0.467 e. The van der Waals surface area contributed by atoms with Crippen LogP contribution in [0.5, 0.6) is 0 Å². The average Bonchev–Trinajstić information content (AvgIpc) is 3.51. The fourth-order valence-electron chi connectivity index (χ4n) is 5.11. The summed E-state index contributed by atoms with van der Waals surface area (Å²) >= 11 is 0. The molecule has 3 aliphatic heterocycles. The monoisotopic (exact) mass is 520 g/mol. The van der Waals surface area contributed by atoms with Crippen molar-refractivity contribution in [3.8, 4) is 0 Å². The summed E-state index contributed by atoms with van der Waals surface area (Å²) in [4.78, 5) is 68.2. The minimum absolute atomic E-state index is 0.277. The first kappa shape index (κ1) is 28.5. The lowest BCUT2D eigenvalue weighted by Gasteiger charge is -2.33. The minimum atomic E-state index is -0.860. The molecule has 37 heavy (non-hydrogen) atoms. The maximum atomic E-state index is 13.6. The van der Waals surface area contributed by atoms with E-state index >= 15 is 0 Å². The zero-order chi connectivity index (χ0) is 27.2. The van der Waals surface area contributed by atoms with Crippen molar-refractivity contribution in [1.29, 1.82) is 0 Å². The molecule has 0 spiro atoms.